The van der Waals surface area contributed by atoms with E-state index in [1.807, 2.05) is 43.6 Å². The second-order valence-corrected chi connectivity index (χ2v) is 6.29. The van der Waals surface area contributed by atoms with Crippen LogP contribution >= 0.6 is 11.6 Å². The zero-order valence-corrected chi connectivity index (χ0v) is 13.9. The van der Waals surface area contributed by atoms with Crippen LogP contribution in [0, 0.1) is 0 Å². The van der Waals surface area contributed by atoms with Gasteiger partial charge in [-0.05, 0) is 17.7 Å². The van der Waals surface area contributed by atoms with E-state index in [2.05, 4.69) is 15.5 Å². The van der Waals surface area contributed by atoms with Crippen LogP contribution in [-0.4, -0.2) is 25.5 Å². The second kappa shape index (κ2) is 5.79. The number of aryl methyl sites for hydroxylation is 1. The predicted octanol–water partition coefficient (Wildman–Crippen LogP) is 2.79. The molecule has 6 nitrogen and oxygen atoms in total. The molecule has 24 heavy (non-hydrogen) atoms. The lowest BCUT2D eigenvalue weighted by atomic mass is 9.91. The quantitative estimate of drug-likeness (QED) is 0.796. The molecule has 1 unspecified atom stereocenters. The Kier molecular flexibility index (Phi) is 3.61. The molecule has 122 valence electrons. The van der Waals surface area contributed by atoms with Crippen molar-refractivity contribution in [3.63, 3.8) is 0 Å². The number of nitrogens with one attached hydrogen (secondary N) is 1. The Bertz CT molecular complexity index is 913. The van der Waals surface area contributed by atoms with E-state index in [-0.39, 0.29) is 11.8 Å². The number of fused-ring (bicyclic) bond motifs is 1. The summed E-state index contributed by atoms with van der Waals surface area (Å²) in [5, 5.41) is 12.3. The molecule has 0 spiro atoms. The SMILES string of the molecule is Cn1nccc1C1CC(=O)Nc2c1cnn2Cc1ccccc1Cl. The number of aromatic nitrogens is 4. The summed E-state index contributed by atoms with van der Waals surface area (Å²) in [6.45, 7) is 0.507. The maximum absolute atomic E-state index is 12.2. The molecule has 1 atom stereocenters. The fraction of sp³-hybridized carbons (Fsp3) is 0.235. The van der Waals surface area contributed by atoms with Gasteiger partial charge >= 0.3 is 0 Å². The summed E-state index contributed by atoms with van der Waals surface area (Å²) in [5.74, 6) is 0.674. The van der Waals surface area contributed by atoms with Crippen molar-refractivity contribution in [3.05, 3.63) is 64.6 Å². The molecule has 1 aliphatic heterocycles. The molecule has 1 amide bonds. The summed E-state index contributed by atoms with van der Waals surface area (Å²) in [7, 11) is 1.88. The summed E-state index contributed by atoms with van der Waals surface area (Å²) in [5.41, 5.74) is 2.97. The largest absolute Gasteiger partial charge is 0.311 e. The Morgan fingerprint density at radius 3 is 2.88 bits per heavy atom. The minimum absolute atomic E-state index is 0.0189. The molecular formula is C17H16ClN5O. The number of nitrogens with zero attached hydrogens (tertiary/aromatic N) is 4. The van der Waals surface area contributed by atoms with Crippen LogP contribution in [0.25, 0.3) is 0 Å². The number of carbonyl (C=O) groups excluding carboxylic acids is 1. The fourth-order valence-corrected chi connectivity index (χ4v) is 3.36. The topological polar surface area (TPSA) is 64.7 Å². The number of rotatable bonds is 3. The van der Waals surface area contributed by atoms with E-state index in [0.29, 0.717) is 18.0 Å². The standard InChI is InChI=1S/C17H16ClN5O/c1-22-15(6-7-19-22)12-8-16(24)21-17-13(12)9-20-23(17)10-11-4-2-3-5-14(11)18/h2-7,9,12H,8,10H2,1H3,(H,21,24). The first-order valence-corrected chi connectivity index (χ1v) is 8.08. The maximum atomic E-state index is 12.2. The van der Waals surface area contributed by atoms with Crippen LogP contribution in [0.4, 0.5) is 5.82 Å². The number of amides is 1. The molecule has 0 saturated heterocycles. The first-order valence-electron chi connectivity index (χ1n) is 7.70. The van der Waals surface area contributed by atoms with Gasteiger partial charge in [0.2, 0.25) is 5.91 Å². The van der Waals surface area contributed by atoms with Gasteiger partial charge in [-0.25, -0.2) is 4.68 Å². The Morgan fingerprint density at radius 1 is 1.29 bits per heavy atom. The third-order valence-electron chi connectivity index (χ3n) is 4.38. The van der Waals surface area contributed by atoms with E-state index in [4.69, 9.17) is 11.6 Å². The van der Waals surface area contributed by atoms with Gasteiger partial charge in [0.05, 0.1) is 12.7 Å². The van der Waals surface area contributed by atoms with E-state index in [1.165, 1.54) is 0 Å². The Labute approximate surface area is 144 Å². The highest BCUT2D eigenvalue weighted by Crippen LogP contribution is 2.37. The second-order valence-electron chi connectivity index (χ2n) is 5.88. The van der Waals surface area contributed by atoms with E-state index < -0.39 is 0 Å². The molecule has 3 aromatic rings. The zero-order valence-electron chi connectivity index (χ0n) is 13.1. The molecule has 3 heterocycles. The Morgan fingerprint density at radius 2 is 2.12 bits per heavy atom. The van der Waals surface area contributed by atoms with Crippen LogP contribution in [0.15, 0.2) is 42.7 Å². The summed E-state index contributed by atoms with van der Waals surface area (Å²) < 4.78 is 3.59. The van der Waals surface area contributed by atoms with Crippen molar-refractivity contribution in [1.29, 1.82) is 0 Å². The summed E-state index contributed by atoms with van der Waals surface area (Å²) in [4.78, 5) is 12.2. The minimum Gasteiger partial charge on any atom is -0.311 e. The molecule has 0 bridgehead atoms. The van der Waals surface area contributed by atoms with Gasteiger partial charge in [-0.2, -0.15) is 10.2 Å². The fourth-order valence-electron chi connectivity index (χ4n) is 3.17. The van der Waals surface area contributed by atoms with Gasteiger partial charge in [0.15, 0.2) is 0 Å². The van der Waals surface area contributed by atoms with Crippen LogP contribution in [0.1, 0.15) is 29.2 Å². The van der Waals surface area contributed by atoms with Crippen molar-refractivity contribution in [1.82, 2.24) is 19.6 Å². The molecular weight excluding hydrogens is 326 g/mol. The van der Waals surface area contributed by atoms with E-state index in [9.17, 15) is 4.79 Å². The summed E-state index contributed by atoms with van der Waals surface area (Å²) >= 11 is 6.24. The molecule has 0 aliphatic carbocycles. The molecule has 1 aliphatic rings. The van der Waals surface area contributed by atoms with Crippen molar-refractivity contribution < 1.29 is 4.79 Å². The Hall–Kier alpha value is -2.60. The van der Waals surface area contributed by atoms with Crippen molar-refractivity contribution in [3.8, 4) is 0 Å². The van der Waals surface area contributed by atoms with E-state index in [0.717, 1.165) is 22.6 Å². The van der Waals surface area contributed by atoms with Crippen LogP contribution in [-0.2, 0) is 18.4 Å². The zero-order chi connectivity index (χ0) is 16.7. The number of benzene rings is 1. The van der Waals surface area contributed by atoms with Gasteiger partial charge in [-0.1, -0.05) is 29.8 Å². The molecule has 0 saturated carbocycles. The monoisotopic (exact) mass is 341 g/mol. The van der Waals surface area contributed by atoms with Gasteiger partial charge in [-0.3, -0.25) is 9.48 Å². The number of halogens is 1. The average molecular weight is 342 g/mol. The van der Waals surface area contributed by atoms with E-state index in [1.54, 1.807) is 15.6 Å². The number of carbonyl (C=O) groups is 1. The first kappa shape index (κ1) is 15.0. The van der Waals surface area contributed by atoms with Gasteiger partial charge in [0.1, 0.15) is 5.82 Å². The smallest absolute Gasteiger partial charge is 0.226 e. The van der Waals surface area contributed by atoms with Crippen LogP contribution in [0.5, 0.6) is 0 Å². The number of hydrogen-bond donors (Lipinski definition) is 1. The minimum atomic E-state index is -0.0405. The van der Waals surface area contributed by atoms with Gasteiger partial charge < -0.3 is 5.32 Å². The molecule has 1 N–H and O–H groups in total. The van der Waals surface area contributed by atoms with Crippen LogP contribution < -0.4 is 5.32 Å². The number of hydrogen-bond acceptors (Lipinski definition) is 3. The Balaban J connectivity index is 1.74. The molecule has 2 aromatic heterocycles. The molecule has 4 rings (SSSR count). The molecule has 0 radical (unpaired) electrons. The lowest BCUT2D eigenvalue weighted by Crippen LogP contribution is -2.26. The molecule has 1 aromatic carbocycles. The number of anilines is 1. The van der Waals surface area contributed by atoms with Crippen molar-refractivity contribution in [2.75, 3.05) is 5.32 Å². The van der Waals surface area contributed by atoms with Gasteiger partial charge in [0.25, 0.3) is 0 Å². The van der Waals surface area contributed by atoms with Gasteiger partial charge in [0, 0.05) is 41.9 Å². The van der Waals surface area contributed by atoms with E-state index >= 15 is 0 Å². The third-order valence-corrected chi connectivity index (χ3v) is 4.75. The average Bonchev–Trinajstić information content (AvgIpc) is 3.16. The van der Waals surface area contributed by atoms with Crippen molar-refractivity contribution in [2.45, 2.75) is 18.9 Å². The maximum Gasteiger partial charge on any atom is 0.226 e. The first-order chi connectivity index (χ1) is 11.6. The molecule has 7 heteroatoms. The third kappa shape index (κ3) is 2.49. The summed E-state index contributed by atoms with van der Waals surface area (Å²) in [6, 6.07) is 9.58. The highest BCUT2D eigenvalue weighted by Gasteiger charge is 2.31. The lowest BCUT2D eigenvalue weighted by Gasteiger charge is -2.23. The van der Waals surface area contributed by atoms with Crippen LogP contribution in [0.2, 0.25) is 5.02 Å². The highest BCUT2D eigenvalue weighted by molar-refractivity contribution is 6.31. The van der Waals surface area contributed by atoms with Crippen LogP contribution in [0.3, 0.4) is 0 Å². The van der Waals surface area contributed by atoms with Crippen molar-refractivity contribution in [2.24, 2.45) is 7.05 Å². The predicted molar refractivity (Wildman–Crippen MR) is 91.1 cm³/mol. The lowest BCUT2D eigenvalue weighted by molar-refractivity contribution is -0.116. The van der Waals surface area contributed by atoms with Crippen molar-refractivity contribution >= 4 is 23.3 Å². The highest BCUT2D eigenvalue weighted by atomic mass is 35.5. The molecule has 0 fully saturated rings. The van der Waals surface area contributed by atoms with Gasteiger partial charge in [-0.15, -0.1) is 0 Å². The normalized spacial score (nSPS) is 16.8. The summed E-state index contributed by atoms with van der Waals surface area (Å²) in [6.07, 6.45) is 3.96.